The second-order valence-electron chi connectivity index (χ2n) is 8.92. The zero-order valence-corrected chi connectivity index (χ0v) is 19.0. The highest BCUT2D eigenvalue weighted by molar-refractivity contribution is 6.08. The van der Waals surface area contributed by atoms with Gasteiger partial charge >= 0.3 is 5.97 Å². The van der Waals surface area contributed by atoms with Gasteiger partial charge in [-0.1, -0.05) is 42.7 Å². The number of ether oxygens (including phenoxy) is 1. The summed E-state index contributed by atoms with van der Waals surface area (Å²) in [6.07, 6.45) is 8.33. The van der Waals surface area contributed by atoms with Crippen molar-refractivity contribution in [1.29, 1.82) is 0 Å². The summed E-state index contributed by atoms with van der Waals surface area (Å²) >= 11 is 0. The minimum Gasteiger partial charge on any atom is -0.504 e. The first-order valence-corrected chi connectivity index (χ1v) is 11.6. The fourth-order valence-electron chi connectivity index (χ4n) is 4.28. The van der Waals surface area contributed by atoms with E-state index in [2.05, 4.69) is 38.2 Å². The molecular formula is C27H28N3O3+. The summed E-state index contributed by atoms with van der Waals surface area (Å²) in [7, 11) is 2.13. The first kappa shape index (κ1) is 21.3. The molecule has 6 nitrogen and oxygen atoms in total. The van der Waals surface area contributed by atoms with Crippen LogP contribution in [0, 0.1) is 5.92 Å². The number of esters is 1. The Morgan fingerprint density at radius 3 is 2.58 bits per heavy atom. The SMILES string of the molecule is CCCCC1=NC(C2CC2)=N[N+]1(C)c1ccc(-c2ccccc2/C=C2\OC(=O)C=C2O)cc1. The molecule has 1 fully saturated rings. The number of carbonyl (C=O) groups excluding carboxylic acids is 1. The Morgan fingerprint density at radius 2 is 1.91 bits per heavy atom. The minimum atomic E-state index is -0.560. The van der Waals surface area contributed by atoms with Gasteiger partial charge in [0.2, 0.25) is 5.84 Å². The van der Waals surface area contributed by atoms with Crippen LogP contribution < -0.4 is 4.59 Å². The van der Waals surface area contributed by atoms with Gasteiger partial charge in [0.05, 0.1) is 6.08 Å². The topological polar surface area (TPSA) is 71.2 Å². The quantitative estimate of drug-likeness (QED) is 0.425. The molecule has 2 aliphatic heterocycles. The number of carbonyl (C=O) groups is 1. The maximum Gasteiger partial charge on any atom is 0.340 e. The van der Waals surface area contributed by atoms with Crippen LogP contribution in [0.5, 0.6) is 0 Å². The van der Waals surface area contributed by atoms with Crippen LogP contribution >= 0.6 is 0 Å². The Labute approximate surface area is 193 Å². The summed E-state index contributed by atoms with van der Waals surface area (Å²) in [5, 5.41) is 15.0. The van der Waals surface area contributed by atoms with Crippen molar-refractivity contribution in [3.63, 3.8) is 0 Å². The smallest absolute Gasteiger partial charge is 0.340 e. The van der Waals surface area contributed by atoms with Gasteiger partial charge in [0.1, 0.15) is 7.05 Å². The van der Waals surface area contributed by atoms with Crippen LogP contribution in [0.3, 0.4) is 0 Å². The molecule has 0 amide bonds. The van der Waals surface area contributed by atoms with Crippen LogP contribution in [0.4, 0.5) is 5.69 Å². The summed E-state index contributed by atoms with van der Waals surface area (Å²) < 4.78 is 5.49. The van der Waals surface area contributed by atoms with Gasteiger partial charge in [-0.2, -0.15) is 4.99 Å². The first-order chi connectivity index (χ1) is 16.0. The molecule has 1 N–H and O–H groups in total. The molecule has 33 heavy (non-hydrogen) atoms. The van der Waals surface area contributed by atoms with Crippen molar-refractivity contribution in [2.24, 2.45) is 16.0 Å². The lowest BCUT2D eigenvalue weighted by Crippen LogP contribution is -2.43. The van der Waals surface area contributed by atoms with E-state index in [4.69, 9.17) is 14.8 Å². The number of unbranched alkanes of at least 4 members (excludes halogenated alkanes) is 1. The van der Waals surface area contributed by atoms with Gasteiger partial charge in [-0.15, -0.1) is 4.59 Å². The Hall–Kier alpha value is -3.51. The number of hydrogen-bond donors (Lipinski definition) is 1. The number of amidine groups is 2. The van der Waals surface area contributed by atoms with Gasteiger partial charge < -0.3 is 9.84 Å². The molecular weight excluding hydrogens is 414 g/mol. The monoisotopic (exact) mass is 442 g/mol. The van der Waals surface area contributed by atoms with Crippen LogP contribution in [0.2, 0.25) is 0 Å². The second-order valence-corrected chi connectivity index (χ2v) is 8.92. The maximum absolute atomic E-state index is 11.4. The van der Waals surface area contributed by atoms with Crippen LogP contribution in [0.1, 0.15) is 44.6 Å². The summed E-state index contributed by atoms with van der Waals surface area (Å²) in [5.41, 5.74) is 3.96. The average Bonchev–Trinajstić information content (AvgIpc) is 3.54. The van der Waals surface area contributed by atoms with Crippen molar-refractivity contribution in [2.75, 3.05) is 7.05 Å². The zero-order valence-electron chi connectivity index (χ0n) is 19.0. The van der Waals surface area contributed by atoms with E-state index < -0.39 is 5.97 Å². The normalized spacial score (nSPS) is 23.4. The molecule has 2 aromatic carbocycles. The van der Waals surface area contributed by atoms with Crippen molar-refractivity contribution in [3.8, 4) is 11.1 Å². The maximum atomic E-state index is 11.4. The standard InChI is InChI=1S/C27H27N3O3/c1-3-4-9-25-28-27(19-10-11-19)29-30(25,2)21-14-12-18(13-15-21)22-8-6-5-7-20(22)16-24-23(31)17-26(32)33-24/h5-8,12-17,19H,3-4,9-11H2,1-2H3/p+1/b24-16-. The van der Waals surface area contributed by atoms with Crippen molar-refractivity contribution in [1.82, 2.24) is 4.59 Å². The predicted octanol–water partition coefficient (Wildman–Crippen LogP) is 5.96. The lowest BCUT2D eigenvalue weighted by Gasteiger charge is -2.24. The third-order valence-electron chi connectivity index (χ3n) is 6.39. The molecule has 168 valence electrons. The fourth-order valence-corrected chi connectivity index (χ4v) is 4.28. The molecule has 2 aromatic rings. The molecule has 1 unspecified atom stereocenters. The van der Waals surface area contributed by atoms with Gasteiger partial charge in [0.15, 0.2) is 23.0 Å². The van der Waals surface area contributed by atoms with Gasteiger partial charge in [-0.3, -0.25) is 0 Å². The van der Waals surface area contributed by atoms with Gasteiger partial charge in [-0.05, 0) is 54.2 Å². The second kappa shape index (κ2) is 8.45. The Bertz CT molecular complexity index is 1220. The van der Waals surface area contributed by atoms with Crippen molar-refractivity contribution >= 4 is 29.4 Å². The molecule has 0 spiro atoms. The molecule has 1 aliphatic carbocycles. The van der Waals surface area contributed by atoms with Crippen LogP contribution in [-0.4, -0.2) is 29.8 Å². The highest BCUT2D eigenvalue weighted by Crippen LogP contribution is 2.38. The zero-order chi connectivity index (χ0) is 23.0. The average molecular weight is 443 g/mol. The molecule has 6 heteroatoms. The molecule has 0 saturated heterocycles. The summed E-state index contributed by atoms with van der Waals surface area (Å²) in [6, 6.07) is 16.3. The molecule has 0 radical (unpaired) electrons. The molecule has 3 aliphatic rings. The summed E-state index contributed by atoms with van der Waals surface area (Å²) in [5.74, 6) is 2.09. The summed E-state index contributed by atoms with van der Waals surface area (Å²) in [6.45, 7) is 2.20. The number of aliphatic hydroxyl groups excluding tert-OH is 1. The fraction of sp³-hybridized carbons (Fsp3) is 0.296. The number of aliphatic hydroxyl groups is 1. The van der Waals surface area contributed by atoms with Gasteiger partial charge in [0.25, 0.3) is 0 Å². The number of nitrogens with zero attached hydrogens (tertiary/aromatic N) is 3. The number of rotatable bonds is 7. The molecule has 2 heterocycles. The van der Waals surface area contributed by atoms with E-state index in [1.807, 2.05) is 24.3 Å². The lowest BCUT2D eigenvalue weighted by atomic mass is 9.98. The van der Waals surface area contributed by atoms with Crippen LogP contribution in [0.25, 0.3) is 17.2 Å². The van der Waals surface area contributed by atoms with Crippen LogP contribution in [-0.2, 0) is 9.53 Å². The lowest BCUT2D eigenvalue weighted by molar-refractivity contribution is -0.132. The Morgan fingerprint density at radius 1 is 1.15 bits per heavy atom. The molecule has 5 rings (SSSR count). The van der Waals surface area contributed by atoms with E-state index in [1.54, 1.807) is 6.08 Å². The molecule has 0 aromatic heterocycles. The van der Waals surface area contributed by atoms with E-state index in [-0.39, 0.29) is 11.5 Å². The van der Waals surface area contributed by atoms with E-state index in [9.17, 15) is 9.90 Å². The number of hydrogen-bond acceptors (Lipinski definition) is 5. The minimum absolute atomic E-state index is 0.153. The van der Waals surface area contributed by atoms with Gasteiger partial charge in [0, 0.05) is 24.5 Å². The Balaban J connectivity index is 1.46. The number of quaternary nitrogens is 1. The van der Waals surface area contributed by atoms with E-state index in [0.29, 0.717) is 10.5 Å². The van der Waals surface area contributed by atoms with Gasteiger partial charge in [-0.25, -0.2) is 4.79 Å². The van der Waals surface area contributed by atoms with Crippen molar-refractivity contribution < 1.29 is 14.6 Å². The highest BCUT2D eigenvalue weighted by Gasteiger charge is 2.43. The number of cyclic esters (lactones) is 1. The van der Waals surface area contributed by atoms with E-state index >= 15 is 0 Å². The third-order valence-corrected chi connectivity index (χ3v) is 6.39. The first-order valence-electron chi connectivity index (χ1n) is 11.6. The largest absolute Gasteiger partial charge is 0.504 e. The molecule has 0 bridgehead atoms. The van der Waals surface area contributed by atoms with E-state index in [0.717, 1.165) is 59.4 Å². The summed E-state index contributed by atoms with van der Waals surface area (Å²) in [4.78, 5) is 16.4. The predicted molar refractivity (Wildman–Crippen MR) is 131 cm³/mol. The van der Waals surface area contributed by atoms with Crippen molar-refractivity contribution in [2.45, 2.75) is 39.0 Å². The van der Waals surface area contributed by atoms with E-state index in [1.165, 1.54) is 12.8 Å². The molecule has 1 atom stereocenters. The van der Waals surface area contributed by atoms with Crippen LogP contribution in [0.15, 0.2) is 76.2 Å². The number of aliphatic imine (C=N–C) groups is 1. The highest BCUT2D eigenvalue weighted by atomic mass is 16.6. The van der Waals surface area contributed by atoms with Crippen molar-refractivity contribution in [3.05, 3.63) is 71.7 Å². The molecule has 1 saturated carbocycles. The number of benzene rings is 2. The third kappa shape index (κ3) is 4.14. The Kier molecular flexibility index (Phi) is 5.46.